The van der Waals surface area contributed by atoms with E-state index < -0.39 is 0 Å². The molecule has 1 fully saturated rings. The van der Waals surface area contributed by atoms with Crippen molar-refractivity contribution in [1.82, 2.24) is 4.90 Å². The maximum absolute atomic E-state index is 12.7. The van der Waals surface area contributed by atoms with E-state index in [1.165, 1.54) is 19.3 Å². The minimum absolute atomic E-state index is 0.0525. The minimum atomic E-state index is 0.0525. The van der Waals surface area contributed by atoms with Crippen LogP contribution in [0.2, 0.25) is 0 Å². The highest BCUT2D eigenvalue weighted by atomic mass is 16.2. The van der Waals surface area contributed by atoms with Crippen molar-refractivity contribution in [2.75, 3.05) is 12.5 Å². The normalized spacial score (nSPS) is 22.4. The minimum Gasteiger partial charge on any atom is -0.338 e. The summed E-state index contributed by atoms with van der Waals surface area (Å²) in [6.07, 6.45) is 4.79. The van der Waals surface area contributed by atoms with Gasteiger partial charge < -0.3 is 10.3 Å². The number of amides is 1. The van der Waals surface area contributed by atoms with Gasteiger partial charge in [-0.15, -0.1) is 0 Å². The molecular formula is C16H25N3O. The van der Waals surface area contributed by atoms with E-state index in [1.807, 2.05) is 37.1 Å². The zero-order valence-electron chi connectivity index (χ0n) is 12.6. The van der Waals surface area contributed by atoms with Crippen LogP contribution in [0.5, 0.6) is 0 Å². The van der Waals surface area contributed by atoms with Crippen molar-refractivity contribution in [3.63, 3.8) is 0 Å². The number of carbonyl (C=O) groups excluding carboxylic acids is 1. The summed E-state index contributed by atoms with van der Waals surface area (Å²) < 4.78 is 0. The van der Waals surface area contributed by atoms with Gasteiger partial charge in [0.15, 0.2) is 0 Å². The molecule has 0 radical (unpaired) electrons. The number of benzene rings is 1. The number of hydrazine groups is 1. The first-order valence-electron chi connectivity index (χ1n) is 7.39. The fraction of sp³-hybridized carbons (Fsp3) is 0.562. The van der Waals surface area contributed by atoms with Crippen LogP contribution in [-0.2, 0) is 0 Å². The predicted molar refractivity (Wildman–Crippen MR) is 82.5 cm³/mol. The summed E-state index contributed by atoms with van der Waals surface area (Å²) in [7, 11) is 1.91. The van der Waals surface area contributed by atoms with E-state index >= 15 is 0 Å². The van der Waals surface area contributed by atoms with Crippen LogP contribution in [0.4, 0.5) is 5.69 Å². The Hall–Kier alpha value is -1.55. The van der Waals surface area contributed by atoms with Gasteiger partial charge in [0.05, 0.1) is 11.3 Å². The van der Waals surface area contributed by atoms with Gasteiger partial charge >= 0.3 is 0 Å². The summed E-state index contributed by atoms with van der Waals surface area (Å²) in [6.45, 7) is 4.23. The molecule has 0 spiro atoms. The molecule has 4 heteroatoms. The summed E-state index contributed by atoms with van der Waals surface area (Å²) in [6, 6.07) is 6.05. The molecule has 3 N–H and O–H groups in total. The van der Waals surface area contributed by atoms with E-state index in [4.69, 9.17) is 5.84 Å². The summed E-state index contributed by atoms with van der Waals surface area (Å²) >= 11 is 0. The number of hydrogen-bond donors (Lipinski definition) is 2. The zero-order chi connectivity index (χ0) is 14.7. The lowest BCUT2D eigenvalue weighted by molar-refractivity contribution is 0.0630. The topological polar surface area (TPSA) is 58.4 Å². The Labute approximate surface area is 121 Å². The van der Waals surface area contributed by atoms with Gasteiger partial charge in [-0.25, -0.2) is 0 Å². The van der Waals surface area contributed by atoms with Crippen molar-refractivity contribution in [1.29, 1.82) is 0 Å². The third kappa shape index (κ3) is 2.96. The summed E-state index contributed by atoms with van der Waals surface area (Å²) in [4.78, 5) is 14.6. The van der Waals surface area contributed by atoms with Crippen LogP contribution in [0, 0.1) is 12.8 Å². The van der Waals surface area contributed by atoms with E-state index in [9.17, 15) is 4.79 Å². The summed E-state index contributed by atoms with van der Waals surface area (Å²) in [5, 5.41) is 0. The molecule has 1 aromatic carbocycles. The first-order valence-corrected chi connectivity index (χ1v) is 7.39. The summed E-state index contributed by atoms with van der Waals surface area (Å²) in [5.74, 6) is 6.16. The van der Waals surface area contributed by atoms with E-state index in [1.54, 1.807) is 0 Å². The Balaban J connectivity index is 2.22. The third-order valence-electron chi connectivity index (χ3n) is 4.44. The second-order valence-corrected chi connectivity index (χ2v) is 5.94. The maximum Gasteiger partial charge on any atom is 0.256 e. The number of nitrogen functional groups attached to an aromatic ring is 1. The van der Waals surface area contributed by atoms with Crippen LogP contribution >= 0.6 is 0 Å². The van der Waals surface area contributed by atoms with Gasteiger partial charge in [-0.3, -0.25) is 10.6 Å². The van der Waals surface area contributed by atoms with Crippen LogP contribution in [0.3, 0.4) is 0 Å². The van der Waals surface area contributed by atoms with Gasteiger partial charge in [0.25, 0.3) is 5.91 Å². The van der Waals surface area contributed by atoms with Gasteiger partial charge in [-0.1, -0.05) is 25.8 Å². The molecule has 0 heterocycles. The average Bonchev–Trinajstić information content (AvgIpc) is 2.46. The van der Waals surface area contributed by atoms with Crippen molar-refractivity contribution in [2.24, 2.45) is 11.8 Å². The second kappa shape index (κ2) is 6.27. The van der Waals surface area contributed by atoms with Crippen molar-refractivity contribution in [2.45, 2.75) is 45.6 Å². The number of nitrogens with two attached hydrogens (primary N) is 1. The standard InChI is InChI=1S/C16H25N3O/c1-11-8-9-13(14(10-11)18-17)16(20)19(3)15-7-5-4-6-12(15)2/h8-10,12,15,18H,4-7,17H2,1-3H3. The fourth-order valence-corrected chi connectivity index (χ4v) is 3.18. The monoisotopic (exact) mass is 275 g/mol. The Morgan fingerprint density at radius 3 is 2.70 bits per heavy atom. The molecule has 0 bridgehead atoms. The Kier molecular flexibility index (Phi) is 4.65. The maximum atomic E-state index is 12.7. The number of carbonyl (C=O) groups is 1. The Morgan fingerprint density at radius 1 is 1.35 bits per heavy atom. The van der Waals surface area contributed by atoms with Gasteiger partial charge in [0, 0.05) is 13.1 Å². The molecule has 0 aliphatic heterocycles. The smallest absolute Gasteiger partial charge is 0.256 e. The molecule has 1 aliphatic rings. The average molecular weight is 275 g/mol. The molecule has 2 atom stereocenters. The number of nitrogens with one attached hydrogen (secondary N) is 1. The molecule has 2 rings (SSSR count). The number of aryl methyl sites for hydroxylation is 1. The van der Waals surface area contributed by atoms with E-state index in [0.29, 0.717) is 23.2 Å². The molecule has 1 amide bonds. The molecule has 0 aromatic heterocycles. The van der Waals surface area contributed by atoms with Crippen LogP contribution in [-0.4, -0.2) is 23.9 Å². The highest BCUT2D eigenvalue weighted by Crippen LogP contribution is 2.29. The lowest BCUT2D eigenvalue weighted by Gasteiger charge is -2.36. The zero-order valence-corrected chi connectivity index (χ0v) is 12.6. The first-order chi connectivity index (χ1) is 9.54. The van der Waals surface area contributed by atoms with Crippen LogP contribution in [0.15, 0.2) is 18.2 Å². The first kappa shape index (κ1) is 14.9. The number of hydrogen-bond acceptors (Lipinski definition) is 3. The van der Waals surface area contributed by atoms with Gasteiger partial charge in [-0.05, 0) is 43.4 Å². The molecule has 2 unspecified atom stereocenters. The molecule has 4 nitrogen and oxygen atoms in total. The largest absolute Gasteiger partial charge is 0.338 e. The lowest BCUT2D eigenvalue weighted by atomic mass is 9.85. The Bertz CT molecular complexity index is 487. The van der Waals surface area contributed by atoms with Gasteiger partial charge in [0.2, 0.25) is 0 Å². The van der Waals surface area contributed by atoms with Crippen molar-refractivity contribution in [3.8, 4) is 0 Å². The Morgan fingerprint density at radius 2 is 2.05 bits per heavy atom. The van der Waals surface area contributed by atoms with E-state index in [-0.39, 0.29) is 5.91 Å². The molecule has 0 saturated heterocycles. The summed E-state index contributed by atoms with van der Waals surface area (Å²) in [5.41, 5.74) is 5.08. The number of nitrogens with zero attached hydrogens (tertiary/aromatic N) is 1. The van der Waals surface area contributed by atoms with Crippen LogP contribution < -0.4 is 11.3 Å². The molecule has 1 saturated carbocycles. The predicted octanol–water partition coefficient (Wildman–Crippen LogP) is 2.93. The fourth-order valence-electron chi connectivity index (χ4n) is 3.18. The van der Waals surface area contributed by atoms with Crippen molar-refractivity contribution < 1.29 is 4.79 Å². The SMILES string of the molecule is Cc1ccc(C(=O)N(C)C2CCCCC2C)c(NN)c1. The van der Waals surface area contributed by atoms with Gasteiger partial charge in [-0.2, -0.15) is 0 Å². The lowest BCUT2D eigenvalue weighted by Crippen LogP contribution is -2.42. The molecular weight excluding hydrogens is 250 g/mol. The highest BCUT2D eigenvalue weighted by molar-refractivity contribution is 5.99. The van der Waals surface area contributed by atoms with Crippen molar-refractivity contribution >= 4 is 11.6 Å². The van der Waals surface area contributed by atoms with E-state index in [2.05, 4.69) is 12.3 Å². The van der Waals surface area contributed by atoms with E-state index in [0.717, 1.165) is 12.0 Å². The molecule has 1 aromatic rings. The quantitative estimate of drug-likeness (QED) is 0.658. The third-order valence-corrected chi connectivity index (χ3v) is 4.44. The van der Waals surface area contributed by atoms with Crippen LogP contribution in [0.1, 0.15) is 48.5 Å². The number of anilines is 1. The highest BCUT2D eigenvalue weighted by Gasteiger charge is 2.29. The molecule has 110 valence electrons. The molecule has 1 aliphatic carbocycles. The second-order valence-electron chi connectivity index (χ2n) is 5.94. The van der Waals surface area contributed by atoms with Crippen LogP contribution in [0.25, 0.3) is 0 Å². The molecule has 20 heavy (non-hydrogen) atoms. The van der Waals surface area contributed by atoms with Crippen molar-refractivity contribution in [3.05, 3.63) is 29.3 Å². The number of rotatable bonds is 3. The van der Waals surface area contributed by atoms with Gasteiger partial charge in [0.1, 0.15) is 0 Å².